The van der Waals surface area contributed by atoms with E-state index in [-0.39, 0.29) is 0 Å². The summed E-state index contributed by atoms with van der Waals surface area (Å²) in [5.41, 5.74) is 4.48. The molecule has 148 valence electrons. The minimum atomic E-state index is 0.461. The highest BCUT2D eigenvalue weighted by Crippen LogP contribution is 2.27. The summed E-state index contributed by atoms with van der Waals surface area (Å²) < 4.78 is 15.9. The highest BCUT2D eigenvalue weighted by atomic mass is 16.5. The monoisotopic (exact) mass is 398 g/mol. The Bertz CT molecular complexity index is 1300. The lowest BCUT2D eigenvalue weighted by molar-refractivity contribution is 0.414. The molecule has 0 aliphatic heterocycles. The van der Waals surface area contributed by atoms with Crippen LogP contribution in [0.3, 0.4) is 0 Å². The largest absolute Gasteiger partial charge is 0.497 e. The van der Waals surface area contributed by atoms with Crippen LogP contribution in [0.4, 0.5) is 0 Å². The number of H-pyrrole nitrogens is 1. The second kappa shape index (κ2) is 7.36. The molecule has 0 saturated carbocycles. The van der Waals surface area contributed by atoms with Crippen LogP contribution in [0.2, 0.25) is 0 Å². The van der Waals surface area contributed by atoms with Gasteiger partial charge in [0, 0.05) is 22.8 Å². The number of hydrogen-bond donors (Lipinski definition) is 1. The second-order valence-electron chi connectivity index (χ2n) is 6.70. The van der Waals surface area contributed by atoms with Gasteiger partial charge in [0.15, 0.2) is 0 Å². The van der Waals surface area contributed by atoms with Gasteiger partial charge in [-0.05, 0) is 36.4 Å². The van der Waals surface area contributed by atoms with Crippen molar-refractivity contribution in [2.75, 3.05) is 14.2 Å². The Morgan fingerprint density at radius 1 is 0.733 bits per heavy atom. The smallest absolute Gasteiger partial charge is 0.258 e. The molecule has 0 aliphatic carbocycles. The average Bonchev–Trinajstić information content (AvgIpc) is 3.46. The van der Waals surface area contributed by atoms with Crippen molar-refractivity contribution in [2.45, 2.75) is 0 Å². The van der Waals surface area contributed by atoms with Crippen molar-refractivity contribution in [3.05, 3.63) is 66.7 Å². The number of nitrogens with one attached hydrogen (secondary N) is 1. The van der Waals surface area contributed by atoms with E-state index in [2.05, 4.69) is 20.1 Å². The molecule has 2 aromatic heterocycles. The van der Waals surface area contributed by atoms with Crippen LogP contribution >= 0.6 is 0 Å². The standard InChI is InChI=1S/C23H18N4O3/c1-28-17-9-7-16(8-10-17)23-26-22(27-30-23)15-5-3-14(4-6-15)21-24-19-12-11-18(29-2)13-20(19)25-21/h3-13H,1-2H3,(H,24,25). The second-order valence-corrected chi connectivity index (χ2v) is 6.70. The fourth-order valence-corrected chi connectivity index (χ4v) is 3.22. The molecule has 0 aliphatic rings. The summed E-state index contributed by atoms with van der Waals surface area (Å²) in [4.78, 5) is 12.5. The number of aromatic amines is 1. The van der Waals surface area contributed by atoms with Gasteiger partial charge in [0.25, 0.3) is 5.89 Å². The molecule has 0 spiro atoms. The van der Waals surface area contributed by atoms with Gasteiger partial charge in [-0.15, -0.1) is 0 Å². The maximum absolute atomic E-state index is 5.42. The minimum Gasteiger partial charge on any atom is -0.497 e. The zero-order chi connectivity index (χ0) is 20.5. The molecule has 1 N–H and O–H groups in total. The van der Waals surface area contributed by atoms with E-state index in [0.29, 0.717) is 11.7 Å². The molecule has 0 unspecified atom stereocenters. The summed E-state index contributed by atoms with van der Waals surface area (Å²) in [5.74, 6) is 3.33. The first kappa shape index (κ1) is 17.9. The van der Waals surface area contributed by atoms with Crippen LogP contribution in [0.1, 0.15) is 0 Å². The Morgan fingerprint density at radius 3 is 2.13 bits per heavy atom. The molecule has 5 aromatic rings. The highest BCUT2D eigenvalue weighted by molar-refractivity contribution is 5.81. The van der Waals surface area contributed by atoms with Gasteiger partial charge in [-0.3, -0.25) is 0 Å². The van der Waals surface area contributed by atoms with E-state index < -0.39 is 0 Å². The van der Waals surface area contributed by atoms with Gasteiger partial charge >= 0.3 is 0 Å². The lowest BCUT2D eigenvalue weighted by atomic mass is 10.1. The molecular formula is C23H18N4O3. The summed E-state index contributed by atoms with van der Waals surface area (Å²) in [6.07, 6.45) is 0. The van der Waals surface area contributed by atoms with Crippen LogP contribution in [-0.2, 0) is 0 Å². The van der Waals surface area contributed by atoms with E-state index in [0.717, 1.165) is 45.0 Å². The summed E-state index contributed by atoms with van der Waals surface area (Å²) in [6, 6.07) is 21.1. The van der Waals surface area contributed by atoms with Crippen LogP contribution < -0.4 is 9.47 Å². The third-order valence-corrected chi connectivity index (χ3v) is 4.87. The van der Waals surface area contributed by atoms with Crippen LogP contribution in [0.25, 0.3) is 45.3 Å². The fourth-order valence-electron chi connectivity index (χ4n) is 3.22. The van der Waals surface area contributed by atoms with E-state index in [1.54, 1.807) is 14.2 Å². The molecule has 0 fully saturated rings. The number of aromatic nitrogens is 4. The van der Waals surface area contributed by atoms with Gasteiger partial charge in [0.05, 0.1) is 25.3 Å². The van der Waals surface area contributed by atoms with Gasteiger partial charge in [-0.25, -0.2) is 4.98 Å². The summed E-state index contributed by atoms with van der Waals surface area (Å²) in [5, 5.41) is 4.11. The molecule has 7 nitrogen and oxygen atoms in total. The van der Waals surface area contributed by atoms with Crippen molar-refractivity contribution in [3.63, 3.8) is 0 Å². The van der Waals surface area contributed by atoms with Crippen molar-refractivity contribution in [1.29, 1.82) is 0 Å². The van der Waals surface area contributed by atoms with Crippen molar-refractivity contribution < 1.29 is 14.0 Å². The van der Waals surface area contributed by atoms with Gasteiger partial charge in [-0.1, -0.05) is 29.4 Å². The Kier molecular flexibility index (Phi) is 4.40. The van der Waals surface area contributed by atoms with Crippen molar-refractivity contribution in [2.24, 2.45) is 0 Å². The summed E-state index contributed by atoms with van der Waals surface area (Å²) in [6.45, 7) is 0. The molecule has 7 heteroatoms. The molecule has 5 rings (SSSR count). The molecule has 3 aromatic carbocycles. The van der Waals surface area contributed by atoms with E-state index >= 15 is 0 Å². The zero-order valence-corrected chi connectivity index (χ0v) is 16.4. The molecule has 0 bridgehead atoms. The number of imidazole rings is 1. The van der Waals surface area contributed by atoms with Gasteiger partial charge in [-0.2, -0.15) is 4.98 Å². The molecule has 0 amide bonds. The quantitative estimate of drug-likeness (QED) is 0.450. The predicted octanol–water partition coefficient (Wildman–Crippen LogP) is 4.96. The Balaban J connectivity index is 1.40. The first-order valence-electron chi connectivity index (χ1n) is 9.36. The van der Waals surface area contributed by atoms with Crippen LogP contribution in [0, 0.1) is 0 Å². The maximum Gasteiger partial charge on any atom is 0.258 e. The first-order valence-corrected chi connectivity index (χ1v) is 9.36. The number of ether oxygens (including phenoxy) is 2. The lowest BCUT2D eigenvalue weighted by Gasteiger charge is -1.99. The van der Waals surface area contributed by atoms with Gasteiger partial charge in [0.1, 0.15) is 17.3 Å². The van der Waals surface area contributed by atoms with Crippen LogP contribution in [0.5, 0.6) is 11.5 Å². The van der Waals surface area contributed by atoms with Crippen molar-refractivity contribution >= 4 is 11.0 Å². The molecule has 30 heavy (non-hydrogen) atoms. The number of rotatable bonds is 5. The predicted molar refractivity (Wildman–Crippen MR) is 113 cm³/mol. The molecular weight excluding hydrogens is 380 g/mol. The highest BCUT2D eigenvalue weighted by Gasteiger charge is 2.12. The summed E-state index contributed by atoms with van der Waals surface area (Å²) >= 11 is 0. The van der Waals surface area contributed by atoms with E-state index in [1.165, 1.54) is 0 Å². The van der Waals surface area contributed by atoms with Crippen molar-refractivity contribution in [3.8, 4) is 45.7 Å². The third-order valence-electron chi connectivity index (χ3n) is 4.87. The normalized spacial score (nSPS) is 11.0. The SMILES string of the molecule is COc1ccc(-c2nc(-c3ccc(-c4nc5cc(OC)ccc5[nH]4)cc3)no2)cc1. The van der Waals surface area contributed by atoms with Crippen LogP contribution in [0.15, 0.2) is 71.3 Å². The number of fused-ring (bicyclic) bond motifs is 1. The minimum absolute atomic E-state index is 0.461. The third kappa shape index (κ3) is 3.26. The van der Waals surface area contributed by atoms with Crippen molar-refractivity contribution in [1.82, 2.24) is 20.1 Å². The van der Waals surface area contributed by atoms with E-state index in [4.69, 9.17) is 14.0 Å². The average molecular weight is 398 g/mol. The van der Waals surface area contributed by atoms with Crippen LogP contribution in [-0.4, -0.2) is 34.3 Å². The molecule has 2 heterocycles. The Labute approximate surface area is 172 Å². The molecule has 0 saturated heterocycles. The number of methoxy groups -OCH3 is 2. The van der Waals surface area contributed by atoms with Gasteiger partial charge in [0.2, 0.25) is 5.82 Å². The molecule has 0 radical (unpaired) electrons. The Hall–Kier alpha value is -4.13. The summed E-state index contributed by atoms with van der Waals surface area (Å²) in [7, 11) is 3.27. The zero-order valence-electron chi connectivity index (χ0n) is 16.4. The maximum atomic E-state index is 5.42. The van der Waals surface area contributed by atoms with E-state index in [9.17, 15) is 0 Å². The van der Waals surface area contributed by atoms with E-state index in [1.807, 2.05) is 66.7 Å². The number of nitrogens with zero attached hydrogens (tertiary/aromatic N) is 3. The number of benzene rings is 3. The topological polar surface area (TPSA) is 86.1 Å². The first-order chi connectivity index (χ1) is 14.7. The van der Waals surface area contributed by atoms with Gasteiger partial charge < -0.3 is 19.0 Å². The number of hydrogen-bond acceptors (Lipinski definition) is 6. The fraction of sp³-hybridized carbons (Fsp3) is 0.0870. The Morgan fingerprint density at radius 2 is 1.40 bits per heavy atom. The molecule has 0 atom stereocenters. The lowest BCUT2D eigenvalue weighted by Crippen LogP contribution is -1.84.